The van der Waals surface area contributed by atoms with Gasteiger partial charge in [0.15, 0.2) is 29.6 Å². The van der Waals surface area contributed by atoms with Crippen molar-refractivity contribution in [2.75, 3.05) is 11.9 Å². The Bertz CT molecular complexity index is 1360. The van der Waals surface area contributed by atoms with Gasteiger partial charge in [0.1, 0.15) is 24.3 Å². The van der Waals surface area contributed by atoms with E-state index in [0.717, 1.165) is 12.8 Å². The third-order valence-corrected chi connectivity index (χ3v) is 5.90. The van der Waals surface area contributed by atoms with E-state index >= 15 is 0 Å². The van der Waals surface area contributed by atoms with Crippen LogP contribution in [0.5, 0.6) is 0 Å². The van der Waals surface area contributed by atoms with Crippen LogP contribution in [0.1, 0.15) is 43.0 Å². The number of halogens is 4. The van der Waals surface area contributed by atoms with Crippen LogP contribution in [0.3, 0.4) is 0 Å². The van der Waals surface area contributed by atoms with Gasteiger partial charge in [-0.3, -0.25) is 9.84 Å². The molecule has 0 radical (unpaired) electrons. The van der Waals surface area contributed by atoms with Gasteiger partial charge in [-0.25, -0.2) is 18.7 Å². The van der Waals surface area contributed by atoms with E-state index in [1.165, 1.54) is 22.8 Å². The Morgan fingerprint density at radius 2 is 2.19 bits per heavy atom. The molecule has 3 atom stereocenters. The van der Waals surface area contributed by atoms with E-state index in [4.69, 9.17) is 9.47 Å². The second-order valence-corrected chi connectivity index (χ2v) is 8.95. The number of aromatic amines is 1. The van der Waals surface area contributed by atoms with Gasteiger partial charge in [-0.1, -0.05) is 0 Å². The summed E-state index contributed by atoms with van der Waals surface area (Å²) in [5, 5.41) is 25.5. The summed E-state index contributed by atoms with van der Waals surface area (Å²) >= 11 is 0. The molecule has 1 saturated carbocycles. The molecule has 196 valence electrons. The molecular formula is C21H20F4N8O4. The Morgan fingerprint density at radius 3 is 2.89 bits per heavy atom. The predicted octanol–water partition coefficient (Wildman–Crippen LogP) is 3.16. The number of H-pyrrole nitrogens is 1. The number of fused-ring (bicyclic) bond motifs is 1. The number of alkyl halides is 4. The molecule has 2 aliphatic rings. The molecule has 0 spiro atoms. The lowest BCUT2D eigenvalue weighted by Crippen LogP contribution is -2.39. The van der Waals surface area contributed by atoms with Crippen molar-refractivity contribution in [2.24, 2.45) is 0 Å². The molecule has 3 aromatic heterocycles. The Morgan fingerprint density at radius 1 is 1.41 bits per heavy atom. The quantitative estimate of drug-likeness (QED) is 0.396. The Hall–Kier alpha value is -3.97. The van der Waals surface area contributed by atoms with Gasteiger partial charge in [0.2, 0.25) is 0 Å². The van der Waals surface area contributed by atoms with Gasteiger partial charge in [-0.05, 0) is 25.8 Å². The van der Waals surface area contributed by atoms with Gasteiger partial charge in [0.05, 0.1) is 24.2 Å². The largest absolute Gasteiger partial charge is 0.522 e. The monoisotopic (exact) mass is 524 g/mol. The predicted molar refractivity (Wildman–Crippen MR) is 115 cm³/mol. The van der Waals surface area contributed by atoms with E-state index in [1.807, 2.05) is 13.0 Å². The standard InChI is InChI=1S/C21H20F4N8O4/c1-20(2-3-20)29-19(34)37-14-9-35-17(16(14)22)12-5-15(31-30-12)28-18-13-4-10(8-36-21(23,24)25)32-33(13)7-11(6-26)27-18/h4-5,7,14,16-17H,2-3,8-9H2,1H3,(H,29,34)(H2,27,28,30,31)/t14-,16+,17-/m1/s1. The molecule has 16 heteroatoms. The molecule has 0 unspecified atom stereocenters. The lowest BCUT2D eigenvalue weighted by Gasteiger charge is -2.17. The first-order chi connectivity index (χ1) is 17.5. The van der Waals surface area contributed by atoms with Crippen LogP contribution >= 0.6 is 0 Å². The first-order valence-electron chi connectivity index (χ1n) is 11.1. The number of carbonyl (C=O) groups excluding carboxylic acids is 1. The van der Waals surface area contributed by atoms with E-state index in [-0.39, 0.29) is 46.4 Å². The number of rotatable bonds is 7. The minimum Gasteiger partial charge on any atom is -0.441 e. The zero-order valence-electron chi connectivity index (χ0n) is 19.2. The van der Waals surface area contributed by atoms with E-state index in [0.29, 0.717) is 0 Å². The van der Waals surface area contributed by atoms with Gasteiger partial charge < -0.3 is 20.1 Å². The molecule has 3 N–H and O–H groups in total. The van der Waals surface area contributed by atoms with Crippen molar-refractivity contribution >= 4 is 23.2 Å². The number of carbonyl (C=O) groups is 1. The highest BCUT2D eigenvalue weighted by Gasteiger charge is 2.44. The molecule has 1 aliphatic carbocycles. The molecule has 4 heterocycles. The topological polar surface area (TPSA) is 151 Å². The molecule has 1 amide bonds. The Balaban J connectivity index is 1.29. The Kier molecular flexibility index (Phi) is 6.12. The first kappa shape index (κ1) is 24.7. The van der Waals surface area contributed by atoms with Crippen molar-refractivity contribution in [3.63, 3.8) is 0 Å². The summed E-state index contributed by atoms with van der Waals surface area (Å²) in [7, 11) is 0. The minimum absolute atomic E-state index is 0.0506. The molecule has 3 aromatic rings. The normalized spacial score (nSPS) is 22.5. The van der Waals surface area contributed by atoms with Crippen LogP contribution in [0.25, 0.3) is 5.52 Å². The van der Waals surface area contributed by atoms with Crippen molar-refractivity contribution in [1.29, 1.82) is 5.26 Å². The summed E-state index contributed by atoms with van der Waals surface area (Å²) < 4.78 is 67.8. The minimum atomic E-state index is -4.84. The van der Waals surface area contributed by atoms with Crippen LogP contribution in [0, 0.1) is 11.3 Å². The highest BCUT2D eigenvalue weighted by Crippen LogP contribution is 2.36. The number of nitrogens with zero attached hydrogens (tertiary/aromatic N) is 5. The third kappa shape index (κ3) is 5.57. The zero-order valence-corrected chi connectivity index (χ0v) is 19.2. The van der Waals surface area contributed by atoms with Crippen LogP contribution < -0.4 is 10.6 Å². The number of nitrogens with one attached hydrogen (secondary N) is 3. The van der Waals surface area contributed by atoms with Crippen LogP contribution in [0.4, 0.5) is 34.0 Å². The van der Waals surface area contributed by atoms with E-state index in [1.54, 1.807) is 0 Å². The van der Waals surface area contributed by atoms with Crippen molar-refractivity contribution in [1.82, 2.24) is 30.1 Å². The molecule has 2 fully saturated rings. The summed E-state index contributed by atoms with van der Waals surface area (Å²) in [5.74, 6) is 0.229. The van der Waals surface area contributed by atoms with E-state index < -0.39 is 37.4 Å². The van der Waals surface area contributed by atoms with Gasteiger partial charge in [0, 0.05) is 11.6 Å². The van der Waals surface area contributed by atoms with Gasteiger partial charge in [-0.15, -0.1) is 13.2 Å². The maximum atomic E-state index is 15.0. The first-order valence-corrected chi connectivity index (χ1v) is 11.1. The highest BCUT2D eigenvalue weighted by molar-refractivity contribution is 5.73. The van der Waals surface area contributed by atoms with Crippen LogP contribution in [0.15, 0.2) is 18.3 Å². The SMILES string of the molecule is CC1(NC(=O)O[C@@H]2CO[C@H](c3cc(Nc4nc(C#N)cn5nc(COC(F)(F)F)cc45)n[nH]3)[C@H]2F)CC1. The third-order valence-electron chi connectivity index (χ3n) is 5.90. The summed E-state index contributed by atoms with van der Waals surface area (Å²) in [6, 6.07) is 4.58. The molecule has 0 aromatic carbocycles. The fourth-order valence-corrected chi connectivity index (χ4v) is 3.75. The number of amides is 1. The molecule has 1 aliphatic heterocycles. The number of ether oxygens (including phenoxy) is 3. The van der Waals surface area contributed by atoms with E-state index in [9.17, 15) is 27.6 Å². The maximum Gasteiger partial charge on any atom is 0.522 e. The number of nitriles is 1. The fraction of sp³-hybridized carbons (Fsp3) is 0.476. The number of anilines is 2. The summed E-state index contributed by atoms with van der Waals surface area (Å²) in [6.45, 7) is 0.879. The number of hydrogen-bond donors (Lipinski definition) is 3. The molecule has 12 nitrogen and oxygen atoms in total. The molecule has 0 bridgehead atoms. The average Bonchev–Trinajstić information content (AvgIpc) is 3.19. The molecule has 1 saturated heterocycles. The van der Waals surface area contributed by atoms with Crippen LogP contribution in [-0.2, 0) is 20.8 Å². The molecule has 5 rings (SSSR count). The zero-order chi connectivity index (χ0) is 26.4. The fourth-order valence-electron chi connectivity index (χ4n) is 3.75. The van der Waals surface area contributed by atoms with Crippen molar-refractivity contribution in [3.05, 3.63) is 35.4 Å². The highest BCUT2D eigenvalue weighted by atomic mass is 19.4. The van der Waals surface area contributed by atoms with Crippen molar-refractivity contribution in [2.45, 2.75) is 56.7 Å². The second-order valence-electron chi connectivity index (χ2n) is 8.95. The maximum absolute atomic E-state index is 15.0. The Labute approximate surface area is 205 Å². The van der Waals surface area contributed by atoms with Gasteiger partial charge >= 0.3 is 12.5 Å². The smallest absolute Gasteiger partial charge is 0.441 e. The summed E-state index contributed by atoms with van der Waals surface area (Å²) in [6.07, 6.45) is -6.50. The van der Waals surface area contributed by atoms with Crippen molar-refractivity contribution < 1.29 is 36.6 Å². The van der Waals surface area contributed by atoms with Crippen molar-refractivity contribution in [3.8, 4) is 6.07 Å². The van der Waals surface area contributed by atoms with Gasteiger partial charge in [-0.2, -0.15) is 15.5 Å². The second kappa shape index (κ2) is 9.16. The summed E-state index contributed by atoms with van der Waals surface area (Å²) in [4.78, 5) is 16.1. The lowest BCUT2D eigenvalue weighted by atomic mass is 10.1. The van der Waals surface area contributed by atoms with E-state index in [2.05, 4.69) is 35.7 Å². The van der Waals surface area contributed by atoms with Gasteiger partial charge in [0.25, 0.3) is 0 Å². The molecular weight excluding hydrogens is 504 g/mol. The number of aromatic nitrogens is 5. The lowest BCUT2D eigenvalue weighted by molar-refractivity contribution is -0.330. The van der Waals surface area contributed by atoms with Crippen LogP contribution in [0.2, 0.25) is 0 Å². The van der Waals surface area contributed by atoms with Crippen LogP contribution in [-0.4, -0.2) is 61.7 Å². The number of hydrogen-bond acceptors (Lipinski definition) is 9. The average molecular weight is 524 g/mol. The molecule has 37 heavy (non-hydrogen) atoms. The number of alkyl carbamates (subject to hydrolysis) is 1. The summed E-state index contributed by atoms with van der Waals surface area (Å²) in [5.41, 5.74) is 0.0589.